The number of amides is 1. The van der Waals surface area contributed by atoms with Crippen molar-refractivity contribution in [1.82, 2.24) is 5.32 Å². The van der Waals surface area contributed by atoms with E-state index in [0.29, 0.717) is 39.1 Å². The lowest BCUT2D eigenvalue weighted by molar-refractivity contribution is -0.132. The summed E-state index contributed by atoms with van der Waals surface area (Å²) in [5.41, 5.74) is 2.88. The number of ketones is 1. The van der Waals surface area contributed by atoms with Crippen molar-refractivity contribution in [2.45, 2.75) is 40.2 Å². The van der Waals surface area contributed by atoms with E-state index in [9.17, 15) is 14.4 Å². The fourth-order valence-corrected chi connectivity index (χ4v) is 4.26. The van der Waals surface area contributed by atoms with E-state index in [0.717, 1.165) is 17.5 Å². The van der Waals surface area contributed by atoms with Crippen LogP contribution in [0.3, 0.4) is 0 Å². The summed E-state index contributed by atoms with van der Waals surface area (Å²) in [6, 6.07) is 11.0. The first-order valence-corrected chi connectivity index (χ1v) is 11.3. The van der Waals surface area contributed by atoms with Gasteiger partial charge in [0.1, 0.15) is 22.4 Å². The number of benzene rings is 2. The quantitative estimate of drug-likeness (QED) is 0.195. The lowest BCUT2D eigenvalue weighted by Crippen LogP contribution is -2.17. The fourth-order valence-electron chi connectivity index (χ4n) is 3.21. The molecule has 1 amide bonds. The second-order valence-electron chi connectivity index (χ2n) is 7.20. The summed E-state index contributed by atoms with van der Waals surface area (Å²) in [7, 11) is 0. The highest BCUT2D eigenvalue weighted by Crippen LogP contribution is 2.35. The zero-order valence-electron chi connectivity index (χ0n) is 18.0. The van der Waals surface area contributed by atoms with Crippen LogP contribution >= 0.6 is 24.0 Å². The lowest BCUT2D eigenvalue weighted by atomic mass is 10.0. The van der Waals surface area contributed by atoms with Crippen molar-refractivity contribution in [3.8, 4) is 11.5 Å². The topological polar surface area (TPSA) is 81.7 Å². The number of rotatable bonds is 8. The molecule has 1 saturated heterocycles. The van der Waals surface area contributed by atoms with Crippen LogP contribution in [0.25, 0.3) is 6.08 Å². The largest absolute Gasteiger partial charge is 0.488 e. The number of thiocarbonyl (C=S) groups is 1. The van der Waals surface area contributed by atoms with Crippen molar-refractivity contribution in [2.75, 3.05) is 0 Å². The van der Waals surface area contributed by atoms with Gasteiger partial charge < -0.3 is 14.8 Å². The molecule has 1 fully saturated rings. The number of esters is 1. The van der Waals surface area contributed by atoms with E-state index in [1.165, 1.54) is 25.6 Å². The summed E-state index contributed by atoms with van der Waals surface area (Å²) in [5, 5.41) is 2.59. The molecule has 0 aliphatic carbocycles. The molecule has 0 atom stereocenters. The average molecular weight is 470 g/mol. The molecule has 0 unspecified atom stereocenters. The molecule has 0 spiro atoms. The van der Waals surface area contributed by atoms with Crippen LogP contribution in [-0.4, -0.2) is 22.0 Å². The molecular weight excluding hydrogens is 446 g/mol. The summed E-state index contributed by atoms with van der Waals surface area (Å²) in [4.78, 5) is 36.0. The molecule has 32 heavy (non-hydrogen) atoms. The third-order valence-electron chi connectivity index (χ3n) is 4.66. The van der Waals surface area contributed by atoms with Crippen LogP contribution in [0, 0.1) is 0 Å². The molecule has 0 aromatic heterocycles. The summed E-state index contributed by atoms with van der Waals surface area (Å²) in [5.74, 6) is 0.00294. The fraction of sp³-hybridized carbons (Fsp3) is 0.250. The summed E-state index contributed by atoms with van der Waals surface area (Å²) in [6.07, 6.45) is 3.19. The highest BCUT2D eigenvalue weighted by atomic mass is 32.2. The molecular formula is C24H23NO5S2. The maximum absolute atomic E-state index is 12.0. The van der Waals surface area contributed by atoms with Crippen LogP contribution in [0.4, 0.5) is 0 Å². The van der Waals surface area contributed by atoms with Gasteiger partial charge in [0, 0.05) is 12.5 Å². The zero-order chi connectivity index (χ0) is 23.3. The minimum Gasteiger partial charge on any atom is -0.488 e. The van der Waals surface area contributed by atoms with E-state index in [1.807, 2.05) is 31.2 Å². The second-order valence-corrected chi connectivity index (χ2v) is 8.92. The zero-order valence-corrected chi connectivity index (χ0v) is 19.7. The number of ether oxygens (including phenoxy) is 2. The van der Waals surface area contributed by atoms with Crippen LogP contribution in [0.1, 0.15) is 54.2 Å². The molecule has 0 radical (unpaired) electrons. The maximum Gasteiger partial charge on any atom is 0.308 e. The van der Waals surface area contributed by atoms with Crippen LogP contribution in [0.2, 0.25) is 0 Å². The van der Waals surface area contributed by atoms with E-state index in [-0.39, 0.29) is 17.4 Å². The highest BCUT2D eigenvalue weighted by Gasteiger charge is 2.22. The molecule has 3 rings (SSSR count). The van der Waals surface area contributed by atoms with Gasteiger partial charge in [-0.05, 0) is 42.7 Å². The highest BCUT2D eigenvalue weighted by molar-refractivity contribution is 8.26. The van der Waals surface area contributed by atoms with Gasteiger partial charge in [-0.25, -0.2) is 0 Å². The molecule has 166 valence electrons. The Labute approximate surface area is 196 Å². The number of Topliss-reactive ketones (excluding diaryl/α,β-unsaturated/α-hetero) is 1. The number of carbonyl (C=O) groups excluding carboxylic acids is 3. The van der Waals surface area contributed by atoms with Crippen LogP contribution in [0.5, 0.6) is 11.5 Å². The van der Waals surface area contributed by atoms with Crippen molar-refractivity contribution in [3.63, 3.8) is 0 Å². The van der Waals surface area contributed by atoms with Gasteiger partial charge in [0.15, 0.2) is 5.78 Å². The van der Waals surface area contributed by atoms with E-state index < -0.39 is 5.97 Å². The Morgan fingerprint density at radius 3 is 2.41 bits per heavy atom. The van der Waals surface area contributed by atoms with Crippen molar-refractivity contribution in [3.05, 3.63) is 63.6 Å². The number of hydrogen-bond donors (Lipinski definition) is 1. The minimum atomic E-state index is -0.485. The monoisotopic (exact) mass is 469 g/mol. The minimum absolute atomic E-state index is 0.176. The Morgan fingerprint density at radius 2 is 1.84 bits per heavy atom. The third-order valence-corrected chi connectivity index (χ3v) is 5.82. The molecule has 2 aromatic carbocycles. The Kier molecular flexibility index (Phi) is 7.82. The Hall–Kier alpha value is -2.97. The van der Waals surface area contributed by atoms with Crippen molar-refractivity contribution < 1.29 is 23.9 Å². The SMILES string of the molecule is CCCc1c(OCc2ccc(C=C3SC(=S)NC3=O)cc2)ccc(C(C)=O)c1OC(C)=O. The van der Waals surface area contributed by atoms with Gasteiger partial charge in [-0.3, -0.25) is 14.4 Å². The molecule has 1 aliphatic rings. The Balaban J connectivity index is 1.79. The van der Waals surface area contributed by atoms with E-state index in [2.05, 4.69) is 5.32 Å². The molecule has 8 heteroatoms. The van der Waals surface area contributed by atoms with Gasteiger partial charge in [-0.1, -0.05) is 61.6 Å². The molecule has 0 saturated carbocycles. The van der Waals surface area contributed by atoms with Crippen molar-refractivity contribution >= 4 is 52.0 Å². The van der Waals surface area contributed by atoms with E-state index in [1.54, 1.807) is 18.2 Å². The summed E-state index contributed by atoms with van der Waals surface area (Å²) < 4.78 is 11.9. The number of carbonyl (C=O) groups is 3. The molecule has 1 aliphatic heterocycles. The van der Waals surface area contributed by atoms with Crippen molar-refractivity contribution in [2.24, 2.45) is 0 Å². The molecule has 6 nitrogen and oxygen atoms in total. The smallest absolute Gasteiger partial charge is 0.308 e. The van der Waals surface area contributed by atoms with Gasteiger partial charge >= 0.3 is 5.97 Å². The van der Waals surface area contributed by atoms with Gasteiger partial charge in [0.25, 0.3) is 5.91 Å². The molecule has 0 bridgehead atoms. The van der Waals surface area contributed by atoms with Crippen LogP contribution < -0.4 is 14.8 Å². The van der Waals surface area contributed by atoms with Gasteiger partial charge in [-0.2, -0.15) is 0 Å². The predicted molar refractivity (Wildman–Crippen MR) is 129 cm³/mol. The van der Waals surface area contributed by atoms with Crippen LogP contribution in [-0.2, 0) is 22.6 Å². The molecule has 1 N–H and O–H groups in total. The van der Waals surface area contributed by atoms with Crippen molar-refractivity contribution in [1.29, 1.82) is 0 Å². The lowest BCUT2D eigenvalue weighted by Gasteiger charge is -2.17. The maximum atomic E-state index is 12.0. The Bertz CT molecular complexity index is 1110. The van der Waals surface area contributed by atoms with Gasteiger partial charge in [0.2, 0.25) is 0 Å². The number of nitrogens with one attached hydrogen (secondary N) is 1. The first-order chi connectivity index (χ1) is 15.3. The number of hydrogen-bond acceptors (Lipinski definition) is 7. The Morgan fingerprint density at radius 1 is 1.12 bits per heavy atom. The average Bonchev–Trinajstić information content (AvgIpc) is 3.05. The van der Waals surface area contributed by atoms with Gasteiger partial charge in [0.05, 0.1) is 10.5 Å². The number of thioether (sulfide) groups is 1. The van der Waals surface area contributed by atoms with Gasteiger partial charge in [-0.15, -0.1) is 0 Å². The first-order valence-electron chi connectivity index (χ1n) is 10.1. The predicted octanol–water partition coefficient (Wildman–Crippen LogP) is 4.83. The second kappa shape index (κ2) is 10.6. The van der Waals surface area contributed by atoms with Crippen LogP contribution in [0.15, 0.2) is 41.3 Å². The normalized spacial score (nSPS) is 14.4. The standard InChI is InChI=1S/C24H23NO5S2/c1-4-5-19-20(11-10-18(14(2)26)22(19)30-15(3)27)29-13-17-8-6-16(7-9-17)12-21-23(28)25-24(31)32-21/h6-12H,4-5,13H2,1-3H3,(H,25,28,31). The molecule has 1 heterocycles. The summed E-state index contributed by atoms with van der Waals surface area (Å²) in [6.45, 7) is 5.05. The molecule has 2 aromatic rings. The van der Waals surface area contributed by atoms with E-state index in [4.69, 9.17) is 21.7 Å². The van der Waals surface area contributed by atoms with E-state index >= 15 is 0 Å². The third kappa shape index (κ3) is 5.83. The first kappa shape index (κ1) is 23.7. The summed E-state index contributed by atoms with van der Waals surface area (Å²) >= 11 is 6.24.